The van der Waals surface area contributed by atoms with Crippen LogP contribution in [0.1, 0.15) is 16.7 Å². The molecule has 0 saturated carbocycles. The van der Waals surface area contributed by atoms with Crippen LogP contribution < -0.4 is 4.83 Å². The first-order valence-corrected chi connectivity index (χ1v) is 11.1. The summed E-state index contributed by atoms with van der Waals surface area (Å²) in [5.41, 5.74) is 3.35. The van der Waals surface area contributed by atoms with Crippen molar-refractivity contribution in [1.82, 2.24) is 4.83 Å². The Hall–Kier alpha value is -3.44. The third-order valence-corrected chi connectivity index (χ3v) is 6.39. The van der Waals surface area contributed by atoms with Crippen LogP contribution in [0.15, 0.2) is 119 Å². The summed E-state index contributed by atoms with van der Waals surface area (Å²) in [6.45, 7) is 1.91. The fourth-order valence-electron chi connectivity index (χ4n) is 3.48. The highest BCUT2D eigenvalue weighted by Crippen LogP contribution is 2.37. The van der Waals surface area contributed by atoms with E-state index in [0.29, 0.717) is 5.71 Å². The first-order valence-electron chi connectivity index (χ1n) is 9.65. The molecular weight excluding hydrogens is 393 g/mol. The summed E-state index contributed by atoms with van der Waals surface area (Å²) < 4.78 is 25.0. The molecule has 0 fully saturated rings. The Morgan fingerprint density at radius 2 is 1.23 bits per heavy atom. The van der Waals surface area contributed by atoms with E-state index in [1.54, 1.807) is 24.3 Å². The smallest absolute Gasteiger partial charge is 0.200 e. The molecule has 0 amide bonds. The van der Waals surface area contributed by atoms with Gasteiger partial charge in [-0.1, -0.05) is 90.5 Å². The molecule has 0 saturated heterocycles. The molecule has 0 spiro atoms. The molecule has 0 unspecified atom stereocenters. The van der Waals surface area contributed by atoms with E-state index in [2.05, 4.69) is 46.4 Å². The largest absolute Gasteiger partial charge is 0.276 e. The topological polar surface area (TPSA) is 58.5 Å². The van der Waals surface area contributed by atoms with Crippen molar-refractivity contribution >= 4 is 15.7 Å². The third-order valence-electron chi connectivity index (χ3n) is 5.16. The van der Waals surface area contributed by atoms with Gasteiger partial charge in [0.25, 0.3) is 10.0 Å². The molecule has 1 aliphatic carbocycles. The lowest BCUT2D eigenvalue weighted by molar-refractivity contribution is 0.584. The standard InChI is InChI=1S/C25H22N2O2S/c1-20-12-14-24(15-13-20)30(28,29)27-26-23-16-18-25(19-17-23,21-8-4-2-5-9-21)22-10-6-3-7-11-22/h2-19,27H,1H3/i23+1. The van der Waals surface area contributed by atoms with E-state index in [4.69, 9.17) is 0 Å². The van der Waals surface area contributed by atoms with Gasteiger partial charge in [0.2, 0.25) is 0 Å². The highest BCUT2D eigenvalue weighted by Gasteiger charge is 2.30. The van der Waals surface area contributed by atoms with Gasteiger partial charge in [-0.05, 0) is 42.3 Å². The lowest BCUT2D eigenvalue weighted by Gasteiger charge is -2.31. The number of allylic oxidation sites excluding steroid dienone is 4. The molecule has 0 heterocycles. The quantitative estimate of drug-likeness (QED) is 0.483. The maximum absolute atomic E-state index is 12.5. The van der Waals surface area contributed by atoms with Crippen molar-refractivity contribution in [2.24, 2.45) is 5.10 Å². The molecule has 0 atom stereocenters. The Kier molecular flexibility index (Phi) is 5.38. The van der Waals surface area contributed by atoms with Gasteiger partial charge in [0.15, 0.2) is 0 Å². The zero-order valence-electron chi connectivity index (χ0n) is 16.6. The number of rotatable bonds is 5. The molecule has 0 aromatic heterocycles. The fraction of sp³-hybridized carbons (Fsp3) is 0.0800. The zero-order valence-corrected chi connectivity index (χ0v) is 17.4. The van der Waals surface area contributed by atoms with Crippen LogP contribution in [-0.2, 0) is 15.4 Å². The van der Waals surface area contributed by atoms with Crippen LogP contribution in [0.25, 0.3) is 0 Å². The van der Waals surface area contributed by atoms with Crippen molar-refractivity contribution in [1.29, 1.82) is 0 Å². The van der Waals surface area contributed by atoms with Crippen LogP contribution in [0, 0.1) is 6.92 Å². The summed E-state index contributed by atoms with van der Waals surface area (Å²) in [5, 5.41) is 4.11. The van der Waals surface area contributed by atoms with E-state index in [-0.39, 0.29) is 4.90 Å². The van der Waals surface area contributed by atoms with Gasteiger partial charge in [0.1, 0.15) is 0 Å². The van der Waals surface area contributed by atoms with Crippen LogP contribution >= 0.6 is 0 Å². The first-order chi connectivity index (χ1) is 14.5. The summed E-state index contributed by atoms with van der Waals surface area (Å²) in [6, 6.07) is 27.1. The maximum atomic E-state index is 12.5. The highest BCUT2D eigenvalue weighted by atomic mass is 32.2. The van der Waals surface area contributed by atoms with Crippen molar-refractivity contribution in [2.45, 2.75) is 17.2 Å². The number of hydrogen-bond donors (Lipinski definition) is 1. The second-order valence-electron chi connectivity index (χ2n) is 7.21. The summed E-state index contributed by atoms with van der Waals surface area (Å²) in [5.74, 6) is 0. The predicted molar refractivity (Wildman–Crippen MR) is 121 cm³/mol. The van der Waals surface area contributed by atoms with E-state index in [1.165, 1.54) is 0 Å². The molecule has 150 valence electrons. The molecular formula is C25H22N2O2S. The summed E-state index contributed by atoms with van der Waals surface area (Å²) in [6.07, 6.45) is 7.79. The molecule has 4 nitrogen and oxygen atoms in total. The number of hydrazone groups is 1. The van der Waals surface area contributed by atoms with Crippen LogP contribution in [-0.4, -0.2) is 14.1 Å². The Morgan fingerprint density at radius 1 is 0.733 bits per heavy atom. The zero-order chi connectivity index (χ0) is 21.0. The van der Waals surface area contributed by atoms with E-state index in [9.17, 15) is 8.42 Å². The minimum Gasteiger partial charge on any atom is -0.200 e. The van der Waals surface area contributed by atoms with Crippen molar-refractivity contribution in [2.75, 3.05) is 0 Å². The average Bonchev–Trinajstić information content (AvgIpc) is 2.80. The average molecular weight is 416 g/mol. The molecule has 3 aromatic rings. The number of aryl methyl sites for hydroxylation is 1. The Bertz CT molecular complexity index is 1150. The fourth-order valence-corrected chi connectivity index (χ4v) is 4.31. The van der Waals surface area contributed by atoms with Gasteiger partial charge in [-0.15, -0.1) is 0 Å². The van der Waals surface area contributed by atoms with E-state index in [0.717, 1.165) is 16.7 Å². The second kappa shape index (κ2) is 8.13. The third kappa shape index (κ3) is 3.98. The Labute approximate surface area is 177 Å². The van der Waals surface area contributed by atoms with Crippen molar-refractivity contribution < 1.29 is 8.42 Å². The first kappa shape index (κ1) is 19.9. The number of nitrogens with zero attached hydrogens (tertiary/aromatic N) is 1. The predicted octanol–water partition coefficient (Wildman–Crippen LogP) is 4.74. The molecule has 3 aromatic carbocycles. The molecule has 30 heavy (non-hydrogen) atoms. The molecule has 4 rings (SSSR count). The van der Waals surface area contributed by atoms with Gasteiger partial charge in [-0.25, -0.2) is 0 Å². The van der Waals surface area contributed by atoms with E-state index >= 15 is 0 Å². The molecule has 0 bridgehead atoms. The molecule has 0 aliphatic heterocycles. The minimum atomic E-state index is -3.71. The number of hydrogen-bond acceptors (Lipinski definition) is 3. The lowest BCUT2D eigenvalue weighted by atomic mass is 9.73. The molecule has 5 heteroatoms. The highest BCUT2D eigenvalue weighted by molar-refractivity contribution is 7.89. The Morgan fingerprint density at radius 3 is 1.73 bits per heavy atom. The van der Waals surface area contributed by atoms with Crippen LogP contribution in [0.2, 0.25) is 0 Å². The second-order valence-corrected chi connectivity index (χ2v) is 8.87. The van der Waals surface area contributed by atoms with Gasteiger partial charge < -0.3 is 0 Å². The van der Waals surface area contributed by atoms with Crippen LogP contribution in [0.3, 0.4) is 0 Å². The van der Waals surface area contributed by atoms with Crippen LogP contribution in [0.5, 0.6) is 0 Å². The molecule has 1 N–H and O–H groups in total. The summed E-state index contributed by atoms with van der Waals surface area (Å²) in [7, 11) is -3.71. The number of nitrogens with one attached hydrogen (secondary N) is 1. The number of benzene rings is 3. The molecule has 0 radical (unpaired) electrons. The van der Waals surface area contributed by atoms with Crippen molar-refractivity contribution in [3.8, 4) is 0 Å². The summed E-state index contributed by atoms with van der Waals surface area (Å²) >= 11 is 0. The maximum Gasteiger partial charge on any atom is 0.276 e. The Balaban J connectivity index is 1.63. The lowest BCUT2D eigenvalue weighted by Crippen LogP contribution is -2.26. The normalized spacial score (nSPS) is 15.0. The van der Waals surface area contributed by atoms with E-state index in [1.807, 2.05) is 55.5 Å². The van der Waals surface area contributed by atoms with Gasteiger partial charge >= 0.3 is 0 Å². The van der Waals surface area contributed by atoms with Crippen molar-refractivity contribution in [3.05, 3.63) is 126 Å². The van der Waals surface area contributed by atoms with E-state index < -0.39 is 15.4 Å². The summed E-state index contributed by atoms with van der Waals surface area (Å²) in [4.78, 5) is 2.51. The van der Waals surface area contributed by atoms with Gasteiger partial charge in [0.05, 0.1) is 16.0 Å². The SMILES string of the molecule is Cc1ccc(S(=O)(=O)NN=[13C]2C=CC(c3ccccc3)(c3ccccc3)C=C2)cc1. The van der Waals surface area contributed by atoms with Gasteiger partial charge in [0, 0.05) is 0 Å². The number of sulfonamides is 1. The minimum absolute atomic E-state index is 0.184. The monoisotopic (exact) mass is 415 g/mol. The van der Waals surface area contributed by atoms with Gasteiger partial charge in [-0.3, -0.25) is 0 Å². The van der Waals surface area contributed by atoms with Gasteiger partial charge in [-0.2, -0.15) is 18.4 Å². The molecule has 1 aliphatic rings. The van der Waals surface area contributed by atoms with Crippen LogP contribution in [0.4, 0.5) is 0 Å². The van der Waals surface area contributed by atoms with Crippen molar-refractivity contribution in [3.63, 3.8) is 0 Å².